The summed E-state index contributed by atoms with van der Waals surface area (Å²) < 4.78 is 0. The highest BCUT2D eigenvalue weighted by Crippen LogP contribution is 2.10. The third-order valence-corrected chi connectivity index (χ3v) is 1.24. The van der Waals surface area contributed by atoms with Crippen molar-refractivity contribution in [2.45, 2.75) is 27.7 Å². The van der Waals surface area contributed by atoms with Crippen molar-refractivity contribution >= 4 is 0 Å². The van der Waals surface area contributed by atoms with Crippen molar-refractivity contribution in [3.8, 4) is 0 Å². The largest absolute Gasteiger partial charge is 0.0991 e. The van der Waals surface area contributed by atoms with Crippen LogP contribution in [0.1, 0.15) is 27.7 Å². The summed E-state index contributed by atoms with van der Waals surface area (Å²) >= 11 is 0. The minimum atomic E-state index is 0. The highest BCUT2D eigenvalue weighted by Gasteiger charge is 1.94. The summed E-state index contributed by atoms with van der Waals surface area (Å²) in [5, 5.41) is 0. The fourth-order valence-corrected chi connectivity index (χ4v) is 0.842. The van der Waals surface area contributed by atoms with Gasteiger partial charge in [-0.2, -0.15) is 0 Å². The van der Waals surface area contributed by atoms with E-state index in [4.69, 9.17) is 0 Å². The lowest BCUT2D eigenvalue weighted by Crippen LogP contribution is -1.87. The van der Waals surface area contributed by atoms with Crippen molar-refractivity contribution in [2.75, 3.05) is 0 Å². The Labute approximate surface area is 71.3 Å². The first-order valence-electron chi connectivity index (χ1n) is 3.64. The quantitative estimate of drug-likeness (QED) is 0.535. The van der Waals surface area contributed by atoms with Gasteiger partial charge in [0.1, 0.15) is 0 Å². The monoisotopic (exact) mass is 152 g/mol. The molecule has 0 aromatic rings. The molecule has 0 N–H and O–H groups in total. The molecule has 0 unspecified atom stereocenters. The first-order valence-corrected chi connectivity index (χ1v) is 3.64. The summed E-state index contributed by atoms with van der Waals surface area (Å²) in [5.74, 6) is 0.698. The van der Waals surface area contributed by atoms with E-state index in [0.717, 1.165) is 6.42 Å². The van der Waals surface area contributed by atoms with E-state index < -0.39 is 0 Å². The van der Waals surface area contributed by atoms with Crippen LogP contribution in [0.3, 0.4) is 0 Å². The molecule has 0 spiro atoms. The molecule has 0 radical (unpaired) electrons. The van der Waals surface area contributed by atoms with Crippen LogP contribution in [0.15, 0.2) is 37.0 Å². The maximum atomic E-state index is 3.72. The van der Waals surface area contributed by atoms with Crippen molar-refractivity contribution in [2.24, 2.45) is 5.92 Å². The molecule has 0 saturated heterocycles. The Balaban J connectivity index is 0. The molecule has 0 aliphatic rings. The molecule has 64 valence electrons. The SMILES string of the molecule is C.C=C/C=C(\C=C)CC(C)C. The molecule has 11 heavy (non-hydrogen) atoms. The Morgan fingerprint density at radius 2 is 1.91 bits per heavy atom. The van der Waals surface area contributed by atoms with Gasteiger partial charge in [-0.3, -0.25) is 0 Å². The average molecular weight is 152 g/mol. The zero-order valence-electron chi connectivity index (χ0n) is 6.93. The topological polar surface area (TPSA) is 0 Å². The summed E-state index contributed by atoms with van der Waals surface area (Å²) in [6.45, 7) is 11.7. The molecule has 0 aliphatic heterocycles. The predicted molar refractivity (Wildman–Crippen MR) is 54.7 cm³/mol. The van der Waals surface area contributed by atoms with Gasteiger partial charge >= 0.3 is 0 Å². The van der Waals surface area contributed by atoms with E-state index in [1.54, 1.807) is 6.08 Å². The van der Waals surface area contributed by atoms with Crippen LogP contribution in [-0.4, -0.2) is 0 Å². The standard InChI is InChI=1S/C10H16.CH4/c1-5-7-10(6-2)8-9(3)4;/h5-7,9H,1-2,8H2,3-4H3;1H4/b10-7+;. The number of hydrogen-bond donors (Lipinski definition) is 0. The summed E-state index contributed by atoms with van der Waals surface area (Å²) in [6, 6.07) is 0. The maximum absolute atomic E-state index is 3.72. The molecule has 0 aliphatic carbocycles. The van der Waals surface area contributed by atoms with Crippen LogP contribution in [0.2, 0.25) is 0 Å². The molecular weight excluding hydrogens is 132 g/mol. The smallest absolute Gasteiger partial charge is 0.0256 e. The Kier molecular flexibility index (Phi) is 8.57. The van der Waals surface area contributed by atoms with Gasteiger partial charge in [-0.15, -0.1) is 0 Å². The molecule has 0 fully saturated rings. The molecule has 0 bridgehead atoms. The molecule has 0 heterocycles. The Hall–Kier alpha value is -0.780. The van der Waals surface area contributed by atoms with Crippen molar-refractivity contribution in [3.63, 3.8) is 0 Å². The van der Waals surface area contributed by atoms with E-state index >= 15 is 0 Å². The molecule has 0 saturated carbocycles. The summed E-state index contributed by atoms with van der Waals surface area (Å²) in [6.07, 6.45) is 6.80. The second-order valence-corrected chi connectivity index (χ2v) is 2.78. The number of allylic oxidation sites excluding steroid dienone is 4. The third-order valence-electron chi connectivity index (χ3n) is 1.24. The molecule has 0 aromatic carbocycles. The number of hydrogen-bond acceptors (Lipinski definition) is 0. The zero-order valence-corrected chi connectivity index (χ0v) is 6.93. The van der Waals surface area contributed by atoms with Crippen molar-refractivity contribution in [1.82, 2.24) is 0 Å². The van der Waals surface area contributed by atoms with E-state index in [-0.39, 0.29) is 7.43 Å². The third kappa shape index (κ3) is 7.11. The summed E-state index contributed by atoms with van der Waals surface area (Å²) in [5.41, 5.74) is 1.27. The molecule has 0 aromatic heterocycles. The zero-order chi connectivity index (χ0) is 7.98. The van der Waals surface area contributed by atoms with E-state index in [1.807, 2.05) is 12.2 Å². The molecule has 0 rings (SSSR count). The lowest BCUT2D eigenvalue weighted by molar-refractivity contribution is 0.650. The second kappa shape index (κ2) is 7.33. The first-order chi connectivity index (χ1) is 4.70. The van der Waals surface area contributed by atoms with Crippen LogP contribution in [0.25, 0.3) is 0 Å². The number of rotatable bonds is 4. The van der Waals surface area contributed by atoms with Crippen LogP contribution in [0.5, 0.6) is 0 Å². The fourth-order valence-electron chi connectivity index (χ4n) is 0.842. The molecule has 0 nitrogen and oxygen atoms in total. The predicted octanol–water partition coefficient (Wildman–Crippen LogP) is 3.97. The highest BCUT2D eigenvalue weighted by molar-refractivity contribution is 5.20. The lowest BCUT2D eigenvalue weighted by Gasteiger charge is -2.03. The minimum Gasteiger partial charge on any atom is -0.0991 e. The molecule has 0 atom stereocenters. The highest BCUT2D eigenvalue weighted by atomic mass is 14.0. The van der Waals surface area contributed by atoms with Gasteiger partial charge in [-0.1, -0.05) is 52.7 Å². The van der Waals surface area contributed by atoms with Gasteiger partial charge in [0, 0.05) is 0 Å². The lowest BCUT2D eigenvalue weighted by atomic mass is 10.0. The first kappa shape index (κ1) is 12.9. The normalized spacial score (nSPS) is 10.6. The second-order valence-electron chi connectivity index (χ2n) is 2.78. The van der Waals surface area contributed by atoms with E-state index in [0.29, 0.717) is 5.92 Å². The van der Waals surface area contributed by atoms with Gasteiger partial charge in [0.15, 0.2) is 0 Å². The van der Waals surface area contributed by atoms with Crippen LogP contribution in [0.4, 0.5) is 0 Å². The van der Waals surface area contributed by atoms with Gasteiger partial charge in [0.2, 0.25) is 0 Å². The van der Waals surface area contributed by atoms with Crippen molar-refractivity contribution in [1.29, 1.82) is 0 Å². The van der Waals surface area contributed by atoms with E-state index in [2.05, 4.69) is 27.0 Å². The van der Waals surface area contributed by atoms with Gasteiger partial charge in [0.05, 0.1) is 0 Å². The van der Waals surface area contributed by atoms with Crippen LogP contribution in [0, 0.1) is 5.92 Å². The van der Waals surface area contributed by atoms with E-state index in [9.17, 15) is 0 Å². The average Bonchev–Trinajstić information content (AvgIpc) is 1.86. The van der Waals surface area contributed by atoms with Crippen LogP contribution >= 0.6 is 0 Å². The summed E-state index contributed by atoms with van der Waals surface area (Å²) in [4.78, 5) is 0. The van der Waals surface area contributed by atoms with Gasteiger partial charge in [-0.05, 0) is 17.9 Å². The van der Waals surface area contributed by atoms with Gasteiger partial charge < -0.3 is 0 Å². The molecule has 0 heteroatoms. The van der Waals surface area contributed by atoms with Gasteiger partial charge in [-0.25, -0.2) is 0 Å². The fraction of sp³-hybridized carbons (Fsp3) is 0.455. The Morgan fingerprint density at radius 3 is 2.18 bits per heavy atom. The van der Waals surface area contributed by atoms with E-state index in [1.165, 1.54) is 5.57 Å². The van der Waals surface area contributed by atoms with Crippen molar-refractivity contribution in [3.05, 3.63) is 37.0 Å². The Morgan fingerprint density at radius 1 is 1.36 bits per heavy atom. The molecule has 0 amide bonds. The Bertz CT molecular complexity index is 138. The maximum Gasteiger partial charge on any atom is -0.0256 e. The van der Waals surface area contributed by atoms with Crippen LogP contribution < -0.4 is 0 Å². The van der Waals surface area contributed by atoms with Gasteiger partial charge in [0.25, 0.3) is 0 Å². The minimum absolute atomic E-state index is 0. The van der Waals surface area contributed by atoms with Crippen LogP contribution in [-0.2, 0) is 0 Å². The summed E-state index contributed by atoms with van der Waals surface area (Å²) in [7, 11) is 0. The van der Waals surface area contributed by atoms with Crippen molar-refractivity contribution < 1.29 is 0 Å². The molecular formula is C11H20.